The van der Waals surface area contributed by atoms with Crippen molar-refractivity contribution in [1.29, 1.82) is 0 Å². The zero-order chi connectivity index (χ0) is 13.2. The van der Waals surface area contributed by atoms with Gasteiger partial charge in [-0.3, -0.25) is 0 Å². The second-order valence-corrected chi connectivity index (χ2v) is 3.96. The molecule has 19 heavy (non-hydrogen) atoms. The number of aryl methyl sites for hydroxylation is 1. The average molecular weight is 251 g/mol. The fourth-order valence-corrected chi connectivity index (χ4v) is 1.95. The van der Waals surface area contributed by atoms with E-state index in [1.165, 1.54) is 12.4 Å². The number of nitrogens with zero attached hydrogens (tertiary/aromatic N) is 7. The molecule has 2 heterocycles. The summed E-state index contributed by atoms with van der Waals surface area (Å²) in [6.45, 7) is 2.01. The molecular weight excluding hydrogens is 242 g/mol. The Morgan fingerprint density at radius 3 is 2.95 bits per heavy atom. The summed E-state index contributed by atoms with van der Waals surface area (Å²) in [6.07, 6.45) is 4.78. The van der Waals surface area contributed by atoms with Crippen molar-refractivity contribution < 1.29 is 0 Å². The van der Waals surface area contributed by atoms with E-state index in [4.69, 9.17) is 5.53 Å². The van der Waals surface area contributed by atoms with Gasteiger partial charge >= 0.3 is 0 Å². The molecule has 3 aromatic rings. The third kappa shape index (κ3) is 1.78. The molecule has 2 aromatic heterocycles. The maximum atomic E-state index is 8.56. The van der Waals surface area contributed by atoms with E-state index in [1.54, 1.807) is 10.9 Å². The summed E-state index contributed by atoms with van der Waals surface area (Å²) >= 11 is 0. The fourth-order valence-electron chi connectivity index (χ4n) is 1.95. The molecule has 1 aromatic carbocycles. The third-order valence-corrected chi connectivity index (χ3v) is 2.83. The maximum absolute atomic E-state index is 8.56. The molecule has 0 saturated heterocycles. The van der Waals surface area contributed by atoms with Crippen molar-refractivity contribution in [2.75, 3.05) is 0 Å². The van der Waals surface area contributed by atoms with Crippen LogP contribution >= 0.6 is 0 Å². The van der Waals surface area contributed by atoms with Crippen LogP contribution in [-0.4, -0.2) is 19.7 Å². The van der Waals surface area contributed by atoms with Gasteiger partial charge in [0.05, 0.1) is 11.7 Å². The van der Waals surface area contributed by atoms with Crippen LogP contribution in [0.25, 0.3) is 27.2 Å². The Balaban J connectivity index is 2.31. The first-order valence-electron chi connectivity index (χ1n) is 5.61. The monoisotopic (exact) mass is 251 g/mol. The van der Waals surface area contributed by atoms with Crippen LogP contribution in [0.15, 0.2) is 41.9 Å². The lowest BCUT2D eigenvalue weighted by Gasteiger charge is -2.04. The zero-order valence-corrected chi connectivity index (χ0v) is 10.1. The van der Waals surface area contributed by atoms with Crippen molar-refractivity contribution in [3.63, 3.8) is 0 Å². The Hall–Kier alpha value is -2.92. The lowest BCUT2D eigenvalue weighted by Crippen LogP contribution is -2.00. The van der Waals surface area contributed by atoms with Gasteiger partial charge in [0, 0.05) is 22.7 Å². The van der Waals surface area contributed by atoms with Gasteiger partial charge in [0.15, 0.2) is 11.6 Å². The molecule has 0 spiro atoms. The molecule has 7 nitrogen and oxygen atoms in total. The lowest BCUT2D eigenvalue weighted by atomic mass is 10.1. The number of rotatable bonds is 2. The van der Waals surface area contributed by atoms with Crippen molar-refractivity contribution >= 4 is 16.7 Å². The van der Waals surface area contributed by atoms with Crippen molar-refractivity contribution in [3.05, 3.63) is 52.8 Å². The summed E-state index contributed by atoms with van der Waals surface area (Å²) in [4.78, 5) is 11.0. The minimum absolute atomic E-state index is 0.205. The molecule has 0 amide bonds. The van der Waals surface area contributed by atoms with Crippen LogP contribution in [0.3, 0.4) is 0 Å². The number of benzene rings is 1. The quantitative estimate of drug-likeness (QED) is 0.398. The molecule has 0 saturated carbocycles. The molecule has 0 N–H and O–H groups in total. The van der Waals surface area contributed by atoms with E-state index in [0.717, 1.165) is 16.5 Å². The fraction of sp³-hybridized carbons (Fsp3) is 0.0833. The van der Waals surface area contributed by atoms with Crippen molar-refractivity contribution in [2.24, 2.45) is 5.11 Å². The summed E-state index contributed by atoms with van der Waals surface area (Å²) in [6, 6.07) is 5.89. The molecule has 0 aliphatic heterocycles. The Labute approximate surface area is 108 Å². The summed E-state index contributed by atoms with van der Waals surface area (Å²) in [5.74, 6) is 0.623. The van der Waals surface area contributed by atoms with Crippen LogP contribution in [0.1, 0.15) is 5.56 Å². The van der Waals surface area contributed by atoms with Crippen LogP contribution in [0.5, 0.6) is 0 Å². The van der Waals surface area contributed by atoms with E-state index in [1.807, 2.05) is 25.1 Å². The highest BCUT2D eigenvalue weighted by Crippen LogP contribution is 2.24. The number of aromatic nitrogens is 4. The molecule has 7 heteroatoms. The summed E-state index contributed by atoms with van der Waals surface area (Å²) in [7, 11) is 0. The Kier molecular flexibility index (Phi) is 2.59. The van der Waals surface area contributed by atoms with Gasteiger partial charge in [0.1, 0.15) is 0 Å². The second-order valence-electron chi connectivity index (χ2n) is 3.96. The van der Waals surface area contributed by atoms with Crippen LogP contribution < -0.4 is 0 Å². The van der Waals surface area contributed by atoms with Crippen molar-refractivity contribution in [3.8, 4) is 5.82 Å². The Morgan fingerprint density at radius 2 is 2.11 bits per heavy atom. The Bertz CT molecular complexity index is 799. The number of azide groups is 1. The normalized spacial score (nSPS) is 10.4. The zero-order valence-electron chi connectivity index (χ0n) is 10.1. The SMILES string of the molecule is Cc1cccc2c1cnn2-c1nccnc1N=[N+]=[N-]. The molecular formula is C12H9N7. The summed E-state index contributed by atoms with van der Waals surface area (Å²) < 4.78 is 1.62. The van der Waals surface area contributed by atoms with E-state index in [-0.39, 0.29) is 5.82 Å². The van der Waals surface area contributed by atoms with E-state index in [0.29, 0.717) is 5.82 Å². The molecule has 0 aliphatic carbocycles. The maximum Gasteiger partial charge on any atom is 0.182 e. The van der Waals surface area contributed by atoms with Gasteiger partial charge in [0.2, 0.25) is 0 Å². The molecule has 3 rings (SSSR count). The number of hydrogen-bond acceptors (Lipinski definition) is 4. The van der Waals surface area contributed by atoms with Gasteiger partial charge < -0.3 is 0 Å². The average Bonchev–Trinajstić information content (AvgIpc) is 2.85. The van der Waals surface area contributed by atoms with Crippen LogP contribution in [0.2, 0.25) is 0 Å². The standard InChI is InChI=1S/C12H9N7/c1-8-3-2-4-10-9(8)7-16-19(10)12-11(17-18-13)14-5-6-15-12/h2-7H,1H3. The highest BCUT2D eigenvalue weighted by atomic mass is 15.3. The van der Waals surface area contributed by atoms with E-state index in [2.05, 4.69) is 25.1 Å². The summed E-state index contributed by atoms with van der Waals surface area (Å²) in [5.41, 5.74) is 10.6. The van der Waals surface area contributed by atoms with Gasteiger partial charge in [-0.05, 0) is 29.2 Å². The summed E-state index contributed by atoms with van der Waals surface area (Å²) in [5, 5.41) is 8.87. The third-order valence-electron chi connectivity index (χ3n) is 2.83. The minimum Gasteiger partial charge on any atom is -0.249 e. The van der Waals surface area contributed by atoms with E-state index in [9.17, 15) is 0 Å². The lowest BCUT2D eigenvalue weighted by molar-refractivity contribution is 0.863. The number of hydrogen-bond donors (Lipinski definition) is 0. The van der Waals surface area contributed by atoms with Gasteiger partial charge in [-0.2, -0.15) is 5.10 Å². The first-order chi connectivity index (χ1) is 9.31. The highest BCUT2D eigenvalue weighted by Gasteiger charge is 2.11. The van der Waals surface area contributed by atoms with Gasteiger partial charge in [-0.15, -0.1) is 0 Å². The molecule has 92 valence electrons. The predicted molar refractivity (Wildman–Crippen MR) is 70.2 cm³/mol. The van der Waals surface area contributed by atoms with Crippen LogP contribution in [0, 0.1) is 6.92 Å². The predicted octanol–water partition coefficient (Wildman–Crippen LogP) is 3.07. The molecule has 0 bridgehead atoms. The van der Waals surface area contributed by atoms with Gasteiger partial charge in [-0.1, -0.05) is 12.1 Å². The van der Waals surface area contributed by atoms with Gasteiger partial charge in [0.25, 0.3) is 0 Å². The van der Waals surface area contributed by atoms with Gasteiger partial charge in [-0.25, -0.2) is 14.6 Å². The molecule has 0 aliphatic rings. The topological polar surface area (TPSA) is 92.4 Å². The number of fused-ring (bicyclic) bond motifs is 1. The van der Waals surface area contributed by atoms with E-state index >= 15 is 0 Å². The smallest absolute Gasteiger partial charge is 0.182 e. The molecule has 0 unspecified atom stereocenters. The Morgan fingerprint density at radius 1 is 1.26 bits per heavy atom. The molecule has 0 fully saturated rings. The van der Waals surface area contributed by atoms with Crippen LogP contribution in [0.4, 0.5) is 5.82 Å². The minimum atomic E-state index is 0.205. The van der Waals surface area contributed by atoms with Crippen molar-refractivity contribution in [1.82, 2.24) is 19.7 Å². The molecule has 0 atom stereocenters. The first-order valence-corrected chi connectivity index (χ1v) is 5.61. The van der Waals surface area contributed by atoms with Crippen LogP contribution in [-0.2, 0) is 0 Å². The van der Waals surface area contributed by atoms with E-state index < -0.39 is 0 Å². The highest BCUT2D eigenvalue weighted by molar-refractivity contribution is 5.83. The largest absolute Gasteiger partial charge is 0.249 e. The molecule has 0 radical (unpaired) electrons. The van der Waals surface area contributed by atoms with Crippen molar-refractivity contribution in [2.45, 2.75) is 6.92 Å². The first kappa shape index (κ1) is 11.2. The second kappa shape index (κ2) is 4.40.